The van der Waals surface area contributed by atoms with Crippen molar-refractivity contribution in [3.05, 3.63) is 35.5 Å². The zero-order valence-electron chi connectivity index (χ0n) is 10.3. The van der Waals surface area contributed by atoms with Crippen molar-refractivity contribution in [2.45, 2.75) is 40.5 Å². The number of rotatable bonds is 5. The molecule has 0 rings (SSSR count). The third kappa shape index (κ3) is 5.22. The molecule has 0 aliphatic rings. The lowest BCUT2D eigenvalue weighted by atomic mass is 9.95. The fourth-order valence-corrected chi connectivity index (χ4v) is 1.49. The van der Waals surface area contributed by atoms with Gasteiger partial charge in [-0.15, -0.1) is 0 Å². The van der Waals surface area contributed by atoms with E-state index in [2.05, 4.69) is 39.5 Å². The number of hydrogen-bond donors (Lipinski definition) is 0. The van der Waals surface area contributed by atoms with E-state index in [-0.39, 0.29) is 5.92 Å². The van der Waals surface area contributed by atoms with Crippen LogP contribution in [-0.4, -0.2) is 0 Å². The smallest absolute Gasteiger partial charge is 0.0656 e. The first-order valence-corrected chi connectivity index (χ1v) is 5.44. The minimum absolute atomic E-state index is 0.0603. The van der Waals surface area contributed by atoms with Gasteiger partial charge in [-0.3, -0.25) is 0 Å². The van der Waals surface area contributed by atoms with Gasteiger partial charge in [0.1, 0.15) is 0 Å². The molecular formula is C14H21N. The average molecular weight is 203 g/mol. The number of nitriles is 1. The van der Waals surface area contributed by atoms with Crippen LogP contribution in [0, 0.1) is 17.2 Å². The van der Waals surface area contributed by atoms with Crippen LogP contribution in [0.25, 0.3) is 0 Å². The maximum atomic E-state index is 8.79. The Morgan fingerprint density at radius 3 is 2.33 bits per heavy atom. The number of nitrogens with zero attached hydrogens (tertiary/aromatic N) is 1. The Labute approximate surface area is 93.8 Å². The maximum Gasteiger partial charge on any atom is 0.0656 e. The lowest BCUT2D eigenvalue weighted by molar-refractivity contribution is 0.735. The highest BCUT2D eigenvalue weighted by Gasteiger charge is 2.05. The predicted octanol–water partition coefficient (Wildman–Crippen LogP) is 4.39. The molecule has 0 aliphatic carbocycles. The first-order valence-electron chi connectivity index (χ1n) is 5.44. The van der Waals surface area contributed by atoms with Crippen molar-refractivity contribution in [2.75, 3.05) is 0 Å². The molecule has 1 heteroatoms. The summed E-state index contributed by atoms with van der Waals surface area (Å²) in [6, 6.07) is 2.26. The van der Waals surface area contributed by atoms with Crippen molar-refractivity contribution in [1.82, 2.24) is 0 Å². The van der Waals surface area contributed by atoms with Crippen LogP contribution < -0.4 is 0 Å². The van der Waals surface area contributed by atoms with Gasteiger partial charge in [0.2, 0.25) is 0 Å². The Morgan fingerprint density at radius 1 is 1.40 bits per heavy atom. The van der Waals surface area contributed by atoms with E-state index in [1.807, 2.05) is 13.0 Å². The second kappa shape index (κ2) is 7.06. The molecule has 1 nitrogen and oxygen atoms in total. The normalized spacial score (nSPS) is 13.5. The van der Waals surface area contributed by atoms with Crippen LogP contribution in [0.3, 0.4) is 0 Å². The Morgan fingerprint density at radius 2 is 2.00 bits per heavy atom. The topological polar surface area (TPSA) is 23.8 Å². The zero-order valence-corrected chi connectivity index (χ0v) is 10.3. The summed E-state index contributed by atoms with van der Waals surface area (Å²) in [5, 5.41) is 8.79. The first-order chi connectivity index (χ1) is 7.04. The Kier molecular flexibility index (Phi) is 6.45. The summed E-state index contributed by atoms with van der Waals surface area (Å²) in [5.41, 5.74) is 3.79. The average Bonchev–Trinajstić information content (AvgIpc) is 2.22. The van der Waals surface area contributed by atoms with Gasteiger partial charge in [-0.2, -0.15) is 5.26 Å². The van der Waals surface area contributed by atoms with Gasteiger partial charge < -0.3 is 0 Å². The number of hydrogen-bond acceptors (Lipinski definition) is 1. The highest BCUT2D eigenvalue weighted by atomic mass is 14.3. The second-order valence-corrected chi connectivity index (χ2v) is 4.06. The van der Waals surface area contributed by atoms with Crippen LogP contribution in [0.2, 0.25) is 0 Å². The van der Waals surface area contributed by atoms with Crippen molar-refractivity contribution >= 4 is 0 Å². The molecule has 0 radical (unpaired) electrons. The van der Waals surface area contributed by atoms with Crippen molar-refractivity contribution in [3.8, 4) is 6.07 Å². The predicted molar refractivity (Wildman–Crippen MR) is 66.3 cm³/mol. The van der Waals surface area contributed by atoms with E-state index in [0.717, 1.165) is 12.8 Å². The van der Waals surface area contributed by atoms with Gasteiger partial charge >= 0.3 is 0 Å². The molecule has 1 unspecified atom stereocenters. The van der Waals surface area contributed by atoms with Crippen molar-refractivity contribution < 1.29 is 0 Å². The van der Waals surface area contributed by atoms with E-state index in [1.54, 1.807) is 0 Å². The molecule has 0 aromatic heterocycles. The Hall–Kier alpha value is -1.29. The second-order valence-electron chi connectivity index (χ2n) is 4.06. The SMILES string of the molecule is C=C/C(CC(C)C#N)=C(\C=C(C)C)CC. The largest absolute Gasteiger partial charge is 0.198 e. The lowest BCUT2D eigenvalue weighted by Crippen LogP contribution is -1.95. The van der Waals surface area contributed by atoms with Gasteiger partial charge in [0.15, 0.2) is 0 Å². The van der Waals surface area contributed by atoms with E-state index in [1.165, 1.54) is 16.7 Å². The molecule has 0 fully saturated rings. The van der Waals surface area contributed by atoms with Gasteiger partial charge in [-0.05, 0) is 44.8 Å². The highest BCUT2D eigenvalue weighted by molar-refractivity contribution is 5.34. The fourth-order valence-electron chi connectivity index (χ4n) is 1.49. The summed E-state index contributed by atoms with van der Waals surface area (Å²) in [6.07, 6.45) is 5.85. The Balaban J connectivity index is 5.01. The van der Waals surface area contributed by atoms with Gasteiger partial charge in [-0.1, -0.05) is 31.2 Å². The van der Waals surface area contributed by atoms with Crippen LogP contribution in [0.1, 0.15) is 40.5 Å². The van der Waals surface area contributed by atoms with E-state index in [4.69, 9.17) is 5.26 Å². The summed E-state index contributed by atoms with van der Waals surface area (Å²) in [7, 11) is 0. The van der Waals surface area contributed by atoms with Crippen LogP contribution in [0.4, 0.5) is 0 Å². The maximum absolute atomic E-state index is 8.79. The standard InChI is InChI=1S/C14H21N/c1-6-13(8-11(3)4)14(7-2)9-12(5)10-15/h7-8,12H,2,6,9H2,1,3-5H3/b14-13+. The summed E-state index contributed by atoms with van der Waals surface area (Å²) in [5.74, 6) is 0.0603. The minimum atomic E-state index is 0.0603. The molecular weight excluding hydrogens is 182 g/mol. The van der Waals surface area contributed by atoms with Gasteiger partial charge in [0, 0.05) is 5.92 Å². The quantitative estimate of drug-likeness (QED) is 0.608. The fraction of sp³-hybridized carbons (Fsp3) is 0.500. The van der Waals surface area contributed by atoms with Crippen molar-refractivity contribution in [3.63, 3.8) is 0 Å². The monoisotopic (exact) mass is 203 g/mol. The van der Waals surface area contributed by atoms with Crippen LogP contribution in [0.15, 0.2) is 35.5 Å². The molecule has 0 aliphatic heterocycles. The summed E-state index contributed by atoms with van der Waals surface area (Å²) in [6.45, 7) is 12.1. The molecule has 0 N–H and O–H groups in total. The van der Waals surface area contributed by atoms with Gasteiger partial charge in [0.05, 0.1) is 6.07 Å². The van der Waals surface area contributed by atoms with E-state index in [0.29, 0.717) is 0 Å². The van der Waals surface area contributed by atoms with Gasteiger partial charge in [0.25, 0.3) is 0 Å². The molecule has 0 spiro atoms. The van der Waals surface area contributed by atoms with Crippen molar-refractivity contribution in [1.29, 1.82) is 5.26 Å². The van der Waals surface area contributed by atoms with E-state index < -0.39 is 0 Å². The summed E-state index contributed by atoms with van der Waals surface area (Å²) in [4.78, 5) is 0. The molecule has 0 aromatic carbocycles. The third-order valence-electron chi connectivity index (χ3n) is 2.25. The first kappa shape index (κ1) is 13.7. The van der Waals surface area contributed by atoms with E-state index in [9.17, 15) is 0 Å². The molecule has 0 saturated carbocycles. The lowest BCUT2D eigenvalue weighted by Gasteiger charge is -2.09. The minimum Gasteiger partial charge on any atom is -0.198 e. The molecule has 82 valence electrons. The summed E-state index contributed by atoms with van der Waals surface area (Å²) < 4.78 is 0. The van der Waals surface area contributed by atoms with Crippen molar-refractivity contribution in [2.24, 2.45) is 5.92 Å². The molecule has 1 atom stereocenters. The van der Waals surface area contributed by atoms with Gasteiger partial charge in [-0.25, -0.2) is 0 Å². The van der Waals surface area contributed by atoms with Crippen LogP contribution in [-0.2, 0) is 0 Å². The molecule has 0 heterocycles. The van der Waals surface area contributed by atoms with Crippen LogP contribution in [0.5, 0.6) is 0 Å². The third-order valence-corrected chi connectivity index (χ3v) is 2.25. The molecule has 0 bridgehead atoms. The van der Waals surface area contributed by atoms with Crippen LogP contribution >= 0.6 is 0 Å². The molecule has 0 amide bonds. The molecule has 15 heavy (non-hydrogen) atoms. The highest BCUT2D eigenvalue weighted by Crippen LogP contribution is 2.20. The zero-order chi connectivity index (χ0) is 11.8. The molecule has 0 aromatic rings. The number of allylic oxidation sites excluding steroid dienone is 5. The van der Waals surface area contributed by atoms with E-state index >= 15 is 0 Å². The molecule has 0 saturated heterocycles. The Bertz CT molecular complexity index is 309. The summed E-state index contributed by atoms with van der Waals surface area (Å²) >= 11 is 0.